The van der Waals surface area contributed by atoms with Crippen LogP contribution < -0.4 is 10.0 Å². The minimum absolute atomic E-state index is 0.0907. The monoisotopic (exact) mass is 349 g/mol. The first-order valence-corrected chi connectivity index (χ1v) is 8.69. The first-order valence-electron chi connectivity index (χ1n) is 6.77. The number of amides is 2. The van der Waals surface area contributed by atoms with Gasteiger partial charge >= 0.3 is 6.03 Å². The molecule has 2 amide bonds. The van der Waals surface area contributed by atoms with Crippen molar-refractivity contribution in [2.75, 3.05) is 25.5 Å². The molecule has 1 atom stereocenters. The first kappa shape index (κ1) is 17.0. The van der Waals surface area contributed by atoms with Gasteiger partial charge in [0.2, 0.25) is 10.0 Å². The summed E-state index contributed by atoms with van der Waals surface area (Å²) < 4.78 is 39.0. The summed E-state index contributed by atoms with van der Waals surface area (Å²) in [5, 5.41) is 1.87. The summed E-state index contributed by atoms with van der Waals surface area (Å²) in [5.74, 6) is -0.571. The van der Waals surface area contributed by atoms with Gasteiger partial charge in [-0.05, 0) is 38.1 Å². The van der Waals surface area contributed by atoms with E-state index in [9.17, 15) is 17.6 Å². The molecule has 2 N–H and O–H groups in total. The van der Waals surface area contributed by atoms with E-state index < -0.39 is 27.1 Å². The Kier molecular flexibility index (Phi) is 5.25. The lowest BCUT2D eigenvalue weighted by Crippen LogP contribution is -2.49. The third kappa shape index (κ3) is 3.88. The maximum atomic E-state index is 13.1. The zero-order chi connectivity index (χ0) is 16.3. The zero-order valence-electron chi connectivity index (χ0n) is 12.0. The molecule has 1 aliphatic rings. The van der Waals surface area contributed by atoms with Gasteiger partial charge in [-0.2, -0.15) is 0 Å². The quantitative estimate of drug-likeness (QED) is 0.876. The van der Waals surface area contributed by atoms with Crippen LogP contribution in [0.5, 0.6) is 0 Å². The first-order chi connectivity index (χ1) is 10.3. The highest BCUT2D eigenvalue weighted by molar-refractivity contribution is 7.90. The van der Waals surface area contributed by atoms with Gasteiger partial charge in [0.05, 0.1) is 10.3 Å². The van der Waals surface area contributed by atoms with E-state index in [1.165, 1.54) is 24.1 Å². The molecule has 0 unspecified atom stereocenters. The molecule has 0 bridgehead atoms. The lowest BCUT2D eigenvalue weighted by Gasteiger charge is -2.32. The number of benzene rings is 1. The smallest absolute Gasteiger partial charge is 0.321 e. The van der Waals surface area contributed by atoms with Crippen LogP contribution in [0.25, 0.3) is 0 Å². The Morgan fingerprint density at radius 3 is 2.82 bits per heavy atom. The number of hydrogen-bond donors (Lipinski definition) is 2. The molecule has 0 aliphatic carbocycles. The van der Waals surface area contributed by atoms with Gasteiger partial charge in [-0.15, -0.1) is 0 Å². The Labute approximate surface area is 133 Å². The maximum Gasteiger partial charge on any atom is 0.321 e. The van der Waals surface area contributed by atoms with E-state index in [1.807, 2.05) is 0 Å². The van der Waals surface area contributed by atoms with Gasteiger partial charge in [0.1, 0.15) is 5.82 Å². The lowest BCUT2D eigenvalue weighted by atomic mass is 10.1. The number of carbonyl (C=O) groups excluding carboxylic acids is 1. The third-order valence-electron chi connectivity index (χ3n) is 3.56. The molecule has 0 saturated carbocycles. The summed E-state index contributed by atoms with van der Waals surface area (Å²) in [6, 6.07) is 3.42. The van der Waals surface area contributed by atoms with Crippen molar-refractivity contribution in [3.63, 3.8) is 0 Å². The van der Waals surface area contributed by atoms with Crippen molar-refractivity contribution >= 4 is 33.3 Å². The van der Waals surface area contributed by atoms with Crippen molar-refractivity contribution in [2.45, 2.75) is 18.1 Å². The van der Waals surface area contributed by atoms with Gasteiger partial charge in [-0.25, -0.2) is 22.3 Å². The van der Waals surface area contributed by atoms with Crippen molar-refractivity contribution in [3.8, 4) is 0 Å². The summed E-state index contributed by atoms with van der Waals surface area (Å²) in [5.41, 5.74) is 0.356. The molecule has 9 heteroatoms. The number of anilines is 1. The molecule has 6 nitrogen and oxygen atoms in total. The number of urea groups is 1. The van der Waals surface area contributed by atoms with Crippen LogP contribution in [0.2, 0.25) is 5.02 Å². The number of likely N-dealkylation sites (tertiary alicyclic amines) is 1. The van der Waals surface area contributed by atoms with Crippen LogP contribution in [0, 0.1) is 5.82 Å². The van der Waals surface area contributed by atoms with E-state index in [4.69, 9.17) is 11.6 Å². The average molecular weight is 350 g/mol. The van der Waals surface area contributed by atoms with E-state index in [1.54, 1.807) is 0 Å². The fraction of sp³-hybridized carbons (Fsp3) is 0.462. The van der Waals surface area contributed by atoms with Gasteiger partial charge in [0, 0.05) is 18.8 Å². The summed E-state index contributed by atoms with van der Waals surface area (Å²) in [6.07, 6.45) is 1.11. The predicted octanol–water partition coefficient (Wildman–Crippen LogP) is 2.02. The summed E-state index contributed by atoms with van der Waals surface area (Å²) >= 11 is 5.66. The van der Waals surface area contributed by atoms with Crippen molar-refractivity contribution in [1.82, 2.24) is 9.62 Å². The van der Waals surface area contributed by atoms with Crippen LogP contribution in [0.1, 0.15) is 12.8 Å². The number of nitrogens with one attached hydrogen (secondary N) is 2. The molecule has 0 spiro atoms. The topological polar surface area (TPSA) is 78.5 Å². The van der Waals surface area contributed by atoms with Gasteiger partial charge in [0.15, 0.2) is 0 Å². The number of rotatable bonds is 3. The van der Waals surface area contributed by atoms with E-state index in [2.05, 4.69) is 10.0 Å². The molecule has 1 aromatic rings. The molecule has 0 aromatic heterocycles. The fourth-order valence-corrected chi connectivity index (χ4v) is 3.69. The molecule has 122 valence electrons. The van der Waals surface area contributed by atoms with Crippen LogP contribution in [0.3, 0.4) is 0 Å². The molecule has 1 saturated heterocycles. The average Bonchev–Trinajstić information content (AvgIpc) is 2.51. The molecule has 1 aliphatic heterocycles. The molecule has 1 fully saturated rings. The van der Waals surface area contributed by atoms with E-state index >= 15 is 0 Å². The number of halogens is 2. The van der Waals surface area contributed by atoms with Crippen molar-refractivity contribution in [3.05, 3.63) is 29.0 Å². The minimum Gasteiger partial charge on any atom is -0.323 e. The highest BCUT2D eigenvalue weighted by Gasteiger charge is 2.31. The number of nitrogens with zero attached hydrogens (tertiary/aromatic N) is 1. The molecule has 1 aromatic carbocycles. The highest BCUT2D eigenvalue weighted by atomic mass is 35.5. The Hall–Kier alpha value is -1.38. The second-order valence-corrected chi connectivity index (χ2v) is 7.59. The third-order valence-corrected chi connectivity index (χ3v) is 5.68. The molecular formula is C13H17ClFN3O3S. The Morgan fingerprint density at radius 2 is 2.18 bits per heavy atom. The van der Waals surface area contributed by atoms with Crippen molar-refractivity contribution < 1.29 is 17.6 Å². The SMILES string of the molecule is CNS(=O)(=O)[C@@H]1CCCN(C(=O)Nc2ccc(F)c(Cl)c2)C1. The Morgan fingerprint density at radius 1 is 1.45 bits per heavy atom. The van der Waals surface area contributed by atoms with E-state index in [-0.39, 0.29) is 11.6 Å². The van der Waals surface area contributed by atoms with Crippen LogP contribution in [0.15, 0.2) is 18.2 Å². The summed E-state index contributed by atoms with van der Waals surface area (Å²) in [6.45, 7) is 0.584. The molecule has 1 heterocycles. The Bertz CT molecular complexity index is 668. The summed E-state index contributed by atoms with van der Waals surface area (Å²) in [4.78, 5) is 13.6. The van der Waals surface area contributed by atoms with Gasteiger partial charge < -0.3 is 10.2 Å². The largest absolute Gasteiger partial charge is 0.323 e. The molecule has 0 radical (unpaired) electrons. The maximum absolute atomic E-state index is 13.1. The zero-order valence-corrected chi connectivity index (χ0v) is 13.5. The van der Waals surface area contributed by atoms with Crippen LogP contribution in [-0.2, 0) is 10.0 Å². The van der Waals surface area contributed by atoms with Gasteiger partial charge in [-0.3, -0.25) is 0 Å². The second-order valence-electron chi connectivity index (χ2n) is 5.02. The van der Waals surface area contributed by atoms with Crippen molar-refractivity contribution in [2.24, 2.45) is 0 Å². The highest BCUT2D eigenvalue weighted by Crippen LogP contribution is 2.21. The predicted molar refractivity (Wildman–Crippen MR) is 83.0 cm³/mol. The van der Waals surface area contributed by atoms with Crippen LogP contribution in [0.4, 0.5) is 14.9 Å². The van der Waals surface area contributed by atoms with E-state index in [0.717, 1.165) is 6.07 Å². The van der Waals surface area contributed by atoms with Crippen LogP contribution in [-0.4, -0.2) is 44.7 Å². The number of carbonyl (C=O) groups is 1. The molecular weight excluding hydrogens is 333 g/mol. The minimum atomic E-state index is -3.42. The number of sulfonamides is 1. The number of piperidine rings is 1. The molecule has 22 heavy (non-hydrogen) atoms. The number of hydrogen-bond acceptors (Lipinski definition) is 3. The Balaban J connectivity index is 2.04. The van der Waals surface area contributed by atoms with Crippen molar-refractivity contribution in [1.29, 1.82) is 0 Å². The fourth-order valence-electron chi connectivity index (χ4n) is 2.32. The lowest BCUT2D eigenvalue weighted by molar-refractivity contribution is 0.200. The normalized spacial score (nSPS) is 19.0. The van der Waals surface area contributed by atoms with Crippen LogP contribution >= 0.6 is 11.6 Å². The second kappa shape index (κ2) is 6.80. The van der Waals surface area contributed by atoms with E-state index in [0.29, 0.717) is 25.1 Å². The van der Waals surface area contributed by atoms with Gasteiger partial charge in [0.25, 0.3) is 0 Å². The van der Waals surface area contributed by atoms with Gasteiger partial charge in [-0.1, -0.05) is 11.6 Å². The standard InChI is InChI=1S/C13H17ClFN3O3S/c1-16-22(20,21)10-3-2-6-18(8-10)13(19)17-9-4-5-12(15)11(14)7-9/h4-5,7,10,16H,2-3,6,8H2,1H3,(H,17,19)/t10-/m1/s1. The molecule has 2 rings (SSSR count). The summed E-state index contributed by atoms with van der Waals surface area (Å²) in [7, 11) is -2.06.